The van der Waals surface area contributed by atoms with Gasteiger partial charge in [-0.05, 0) is 17.7 Å². The zero-order chi connectivity index (χ0) is 13.5. The average molecular weight is 257 g/mol. The third-order valence-corrected chi connectivity index (χ3v) is 2.68. The van der Waals surface area contributed by atoms with E-state index in [1.165, 1.54) is 19.2 Å². The normalized spacial score (nSPS) is 10.6. The van der Waals surface area contributed by atoms with Crippen LogP contribution in [0.5, 0.6) is 5.75 Å². The first-order valence-corrected chi connectivity index (χ1v) is 6.08. The topological polar surface area (TPSA) is 21.3 Å². The lowest BCUT2D eigenvalue weighted by molar-refractivity contribution is 0.413. The second-order valence-electron chi connectivity index (χ2n) is 4.04. The van der Waals surface area contributed by atoms with Gasteiger partial charge in [0.1, 0.15) is 11.6 Å². The lowest BCUT2D eigenvalue weighted by atomic mass is 10.2. The predicted octanol–water partition coefficient (Wildman–Crippen LogP) is 3.96. The van der Waals surface area contributed by atoms with Crippen LogP contribution in [-0.4, -0.2) is 13.7 Å². The minimum absolute atomic E-state index is 0.303. The zero-order valence-corrected chi connectivity index (χ0v) is 10.8. The quantitative estimate of drug-likeness (QED) is 0.875. The summed E-state index contributed by atoms with van der Waals surface area (Å²) in [4.78, 5) is 0. The molecule has 2 rings (SSSR count). The van der Waals surface area contributed by atoms with Crippen LogP contribution in [0.1, 0.15) is 5.56 Å². The van der Waals surface area contributed by atoms with Gasteiger partial charge in [-0.2, -0.15) is 0 Å². The molecule has 0 atom stereocenters. The lowest BCUT2D eigenvalue weighted by Gasteiger charge is -2.09. The standard InChI is InChI=1S/C16H16FNO/c1-19-16-12-14(17)9-10-15(16)18-11-5-8-13-6-3-2-4-7-13/h2-10,12,18H,11H2,1H3. The van der Waals surface area contributed by atoms with Crippen molar-refractivity contribution in [3.05, 3.63) is 66.0 Å². The van der Waals surface area contributed by atoms with Gasteiger partial charge >= 0.3 is 0 Å². The number of rotatable bonds is 5. The van der Waals surface area contributed by atoms with E-state index in [9.17, 15) is 4.39 Å². The van der Waals surface area contributed by atoms with E-state index >= 15 is 0 Å². The fourth-order valence-corrected chi connectivity index (χ4v) is 1.74. The summed E-state index contributed by atoms with van der Waals surface area (Å²) in [5.41, 5.74) is 1.93. The Balaban J connectivity index is 1.94. The summed E-state index contributed by atoms with van der Waals surface area (Å²) in [7, 11) is 1.53. The van der Waals surface area contributed by atoms with Gasteiger partial charge in [0, 0.05) is 12.6 Å². The van der Waals surface area contributed by atoms with Gasteiger partial charge in [-0.1, -0.05) is 42.5 Å². The Bertz CT molecular complexity index is 552. The smallest absolute Gasteiger partial charge is 0.144 e. The predicted molar refractivity (Wildman–Crippen MR) is 76.9 cm³/mol. The fraction of sp³-hybridized carbons (Fsp3) is 0.125. The molecular weight excluding hydrogens is 241 g/mol. The van der Waals surface area contributed by atoms with Crippen molar-refractivity contribution >= 4 is 11.8 Å². The van der Waals surface area contributed by atoms with Gasteiger partial charge in [0.25, 0.3) is 0 Å². The Labute approximate surface area is 112 Å². The minimum Gasteiger partial charge on any atom is -0.494 e. The molecule has 2 aromatic carbocycles. The number of hydrogen-bond donors (Lipinski definition) is 1. The summed E-state index contributed by atoms with van der Waals surface area (Å²) in [6, 6.07) is 14.5. The minimum atomic E-state index is -0.303. The van der Waals surface area contributed by atoms with E-state index in [0.717, 1.165) is 11.3 Å². The van der Waals surface area contributed by atoms with Crippen molar-refractivity contribution in [3.8, 4) is 5.75 Å². The Hall–Kier alpha value is -2.29. The van der Waals surface area contributed by atoms with Crippen molar-refractivity contribution in [3.63, 3.8) is 0 Å². The number of ether oxygens (including phenoxy) is 1. The van der Waals surface area contributed by atoms with Crippen LogP contribution >= 0.6 is 0 Å². The number of nitrogens with one attached hydrogen (secondary N) is 1. The first kappa shape index (κ1) is 13.1. The van der Waals surface area contributed by atoms with Crippen LogP contribution in [0.3, 0.4) is 0 Å². The SMILES string of the molecule is COc1cc(F)ccc1NCC=Cc1ccccc1. The van der Waals surface area contributed by atoms with Crippen LogP contribution in [-0.2, 0) is 0 Å². The highest BCUT2D eigenvalue weighted by Gasteiger charge is 2.02. The molecule has 19 heavy (non-hydrogen) atoms. The molecule has 0 bridgehead atoms. The highest BCUT2D eigenvalue weighted by Crippen LogP contribution is 2.24. The zero-order valence-electron chi connectivity index (χ0n) is 10.8. The molecule has 0 fully saturated rings. The third kappa shape index (κ3) is 3.85. The van der Waals surface area contributed by atoms with Gasteiger partial charge in [-0.25, -0.2) is 4.39 Å². The lowest BCUT2D eigenvalue weighted by Crippen LogP contribution is -2.00. The summed E-state index contributed by atoms with van der Waals surface area (Å²) < 4.78 is 18.1. The van der Waals surface area contributed by atoms with Crippen LogP contribution in [0, 0.1) is 5.82 Å². The maximum absolute atomic E-state index is 13.0. The monoisotopic (exact) mass is 257 g/mol. The molecule has 2 nitrogen and oxygen atoms in total. The second kappa shape index (κ2) is 6.59. The third-order valence-electron chi connectivity index (χ3n) is 2.68. The number of anilines is 1. The molecular formula is C16H16FNO. The average Bonchev–Trinajstić information content (AvgIpc) is 2.46. The molecule has 0 aliphatic rings. The van der Waals surface area contributed by atoms with E-state index in [-0.39, 0.29) is 5.82 Å². The molecule has 0 aliphatic heterocycles. The van der Waals surface area contributed by atoms with Crippen LogP contribution in [0.25, 0.3) is 6.08 Å². The number of benzene rings is 2. The molecule has 2 aromatic rings. The van der Waals surface area contributed by atoms with Gasteiger partial charge in [0.15, 0.2) is 0 Å². The van der Waals surface area contributed by atoms with Crippen LogP contribution in [0.15, 0.2) is 54.6 Å². The Morgan fingerprint density at radius 2 is 1.95 bits per heavy atom. The molecule has 0 saturated carbocycles. The van der Waals surface area contributed by atoms with Gasteiger partial charge in [-0.15, -0.1) is 0 Å². The molecule has 0 spiro atoms. The van der Waals surface area contributed by atoms with Crippen LogP contribution < -0.4 is 10.1 Å². The molecule has 3 heteroatoms. The second-order valence-corrected chi connectivity index (χ2v) is 4.04. The molecule has 0 saturated heterocycles. The molecule has 0 radical (unpaired) electrons. The van der Waals surface area contributed by atoms with Crippen molar-refractivity contribution in [1.82, 2.24) is 0 Å². The summed E-state index contributed by atoms with van der Waals surface area (Å²) in [6.45, 7) is 0.650. The molecule has 98 valence electrons. The van der Waals surface area contributed by atoms with Gasteiger partial charge in [0.05, 0.1) is 12.8 Å². The molecule has 0 amide bonds. The van der Waals surface area contributed by atoms with Crippen molar-refractivity contribution < 1.29 is 9.13 Å². The van der Waals surface area contributed by atoms with E-state index in [0.29, 0.717) is 12.3 Å². The Kier molecular flexibility index (Phi) is 4.56. The summed E-state index contributed by atoms with van der Waals surface area (Å²) in [5.74, 6) is 0.204. The van der Waals surface area contributed by atoms with Crippen LogP contribution in [0.4, 0.5) is 10.1 Å². The summed E-state index contributed by atoms with van der Waals surface area (Å²) >= 11 is 0. The number of methoxy groups -OCH3 is 1. The summed E-state index contributed by atoms with van der Waals surface area (Å²) in [5, 5.41) is 3.18. The van der Waals surface area contributed by atoms with Crippen LogP contribution in [0.2, 0.25) is 0 Å². The van der Waals surface area contributed by atoms with Crippen molar-refractivity contribution in [1.29, 1.82) is 0 Å². The van der Waals surface area contributed by atoms with Gasteiger partial charge in [-0.3, -0.25) is 0 Å². The molecule has 0 unspecified atom stereocenters. The maximum atomic E-state index is 13.0. The number of halogens is 1. The molecule has 1 N–H and O–H groups in total. The highest BCUT2D eigenvalue weighted by atomic mass is 19.1. The summed E-state index contributed by atoms with van der Waals surface area (Å²) in [6.07, 6.45) is 4.04. The first-order valence-electron chi connectivity index (χ1n) is 6.08. The van der Waals surface area contributed by atoms with Gasteiger partial charge < -0.3 is 10.1 Å². The van der Waals surface area contributed by atoms with Crippen molar-refractivity contribution in [2.45, 2.75) is 0 Å². The Morgan fingerprint density at radius 1 is 1.16 bits per heavy atom. The fourth-order valence-electron chi connectivity index (χ4n) is 1.74. The van der Waals surface area contributed by atoms with E-state index in [1.54, 1.807) is 6.07 Å². The van der Waals surface area contributed by atoms with Crippen molar-refractivity contribution in [2.75, 3.05) is 19.0 Å². The van der Waals surface area contributed by atoms with E-state index in [1.807, 2.05) is 42.5 Å². The van der Waals surface area contributed by atoms with Crippen molar-refractivity contribution in [2.24, 2.45) is 0 Å². The molecule has 0 aliphatic carbocycles. The van der Waals surface area contributed by atoms with E-state index < -0.39 is 0 Å². The van der Waals surface area contributed by atoms with Gasteiger partial charge in [0.2, 0.25) is 0 Å². The number of hydrogen-bond acceptors (Lipinski definition) is 2. The Morgan fingerprint density at radius 3 is 2.68 bits per heavy atom. The largest absolute Gasteiger partial charge is 0.494 e. The highest BCUT2D eigenvalue weighted by molar-refractivity contribution is 5.57. The molecule has 0 aromatic heterocycles. The maximum Gasteiger partial charge on any atom is 0.144 e. The molecule has 0 heterocycles. The van der Waals surface area contributed by atoms with E-state index in [2.05, 4.69) is 5.32 Å². The van der Waals surface area contributed by atoms with E-state index in [4.69, 9.17) is 4.74 Å². The first-order chi connectivity index (χ1) is 9.29.